The summed E-state index contributed by atoms with van der Waals surface area (Å²) in [5, 5.41) is 2.65. The Labute approximate surface area is 162 Å². The van der Waals surface area contributed by atoms with E-state index in [1.165, 1.54) is 6.07 Å². The highest BCUT2D eigenvalue weighted by molar-refractivity contribution is 5.95. The molecule has 148 valence electrons. The summed E-state index contributed by atoms with van der Waals surface area (Å²) in [6.07, 6.45) is 0. The fourth-order valence-electron chi connectivity index (χ4n) is 2.24. The lowest BCUT2D eigenvalue weighted by molar-refractivity contribution is 0.0958. The van der Waals surface area contributed by atoms with Crippen LogP contribution in [-0.2, 0) is 0 Å². The predicted octanol–water partition coefficient (Wildman–Crippen LogP) is 3.57. The number of halogens is 2. The van der Waals surface area contributed by atoms with Gasteiger partial charge in [0, 0.05) is 11.6 Å². The Morgan fingerprint density at radius 2 is 1.64 bits per heavy atom. The fourth-order valence-corrected chi connectivity index (χ4v) is 2.24. The molecule has 1 amide bonds. The molecular weight excluding hydrogens is 368 g/mol. The number of ether oxygens (including phenoxy) is 3. The molecular formula is C21H21F2NO4. The summed E-state index contributed by atoms with van der Waals surface area (Å²) in [6.45, 7) is 4.65. The molecule has 0 radical (unpaired) electrons. The Balaban J connectivity index is 1.85. The van der Waals surface area contributed by atoms with Gasteiger partial charge in [0.2, 0.25) is 0 Å². The second-order valence-corrected chi connectivity index (χ2v) is 5.43. The predicted molar refractivity (Wildman–Crippen MR) is 101 cm³/mol. The smallest absolute Gasteiger partial charge is 0.252 e. The van der Waals surface area contributed by atoms with Gasteiger partial charge in [0.15, 0.2) is 23.1 Å². The minimum absolute atomic E-state index is 0.0856. The van der Waals surface area contributed by atoms with Gasteiger partial charge in [0.25, 0.3) is 5.91 Å². The van der Waals surface area contributed by atoms with Crippen molar-refractivity contribution in [2.24, 2.45) is 0 Å². The summed E-state index contributed by atoms with van der Waals surface area (Å²) >= 11 is 0. The molecule has 0 saturated carbocycles. The molecule has 0 aliphatic rings. The van der Waals surface area contributed by atoms with Gasteiger partial charge < -0.3 is 19.5 Å². The molecule has 0 atom stereocenters. The normalized spacial score (nSPS) is 9.86. The van der Waals surface area contributed by atoms with Crippen LogP contribution in [0.5, 0.6) is 17.2 Å². The highest BCUT2D eigenvalue weighted by Crippen LogP contribution is 2.28. The highest BCUT2D eigenvalue weighted by Gasteiger charge is 2.11. The van der Waals surface area contributed by atoms with Gasteiger partial charge in [-0.25, -0.2) is 8.78 Å². The number of benzene rings is 2. The van der Waals surface area contributed by atoms with E-state index in [2.05, 4.69) is 17.2 Å². The van der Waals surface area contributed by atoms with Crippen LogP contribution in [0.4, 0.5) is 8.78 Å². The highest BCUT2D eigenvalue weighted by atomic mass is 19.1. The molecule has 5 nitrogen and oxygen atoms in total. The summed E-state index contributed by atoms with van der Waals surface area (Å²) in [7, 11) is 0. The van der Waals surface area contributed by atoms with Crippen molar-refractivity contribution in [2.75, 3.05) is 26.4 Å². The topological polar surface area (TPSA) is 56.8 Å². The van der Waals surface area contributed by atoms with Crippen molar-refractivity contribution in [2.45, 2.75) is 13.8 Å². The van der Waals surface area contributed by atoms with Crippen molar-refractivity contribution in [3.05, 3.63) is 53.6 Å². The Morgan fingerprint density at radius 1 is 0.929 bits per heavy atom. The maximum atomic E-state index is 13.4. The maximum Gasteiger partial charge on any atom is 0.252 e. The van der Waals surface area contributed by atoms with E-state index in [0.29, 0.717) is 30.3 Å². The van der Waals surface area contributed by atoms with Gasteiger partial charge >= 0.3 is 0 Å². The first-order chi connectivity index (χ1) is 13.5. The van der Waals surface area contributed by atoms with Crippen LogP contribution in [0, 0.1) is 23.5 Å². The van der Waals surface area contributed by atoms with Crippen LogP contribution in [-0.4, -0.2) is 32.3 Å². The number of rotatable bonds is 8. The summed E-state index contributed by atoms with van der Waals surface area (Å²) in [4.78, 5) is 12.2. The summed E-state index contributed by atoms with van der Waals surface area (Å²) in [5.74, 6) is 4.54. The maximum absolute atomic E-state index is 13.4. The van der Waals surface area contributed by atoms with Gasteiger partial charge in [-0.05, 0) is 44.2 Å². The third kappa shape index (κ3) is 6.16. The van der Waals surface area contributed by atoms with Crippen molar-refractivity contribution >= 4 is 5.91 Å². The summed E-state index contributed by atoms with van der Waals surface area (Å²) in [5.41, 5.74) is 0.415. The van der Waals surface area contributed by atoms with Crippen LogP contribution in [0.3, 0.4) is 0 Å². The number of amides is 1. The molecule has 28 heavy (non-hydrogen) atoms. The molecule has 7 heteroatoms. The van der Waals surface area contributed by atoms with Gasteiger partial charge in [0.1, 0.15) is 12.4 Å². The zero-order valence-electron chi connectivity index (χ0n) is 15.7. The van der Waals surface area contributed by atoms with Crippen LogP contribution < -0.4 is 19.5 Å². The second kappa shape index (κ2) is 10.8. The fraction of sp³-hybridized carbons (Fsp3) is 0.286. The molecule has 0 aromatic heterocycles. The van der Waals surface area contributed by atoms with Crippen LogP contribution in [0.1, 0.15) is 24.2 Å². The number of hydrogen-bond donors (Lipinski definition) is 1. The van der Waals surface area contributed by atoms with Crippen molar-refractivity contribution in [1.82, 2.24) is 5.32 Å². The number of carbonyl (C=O) groups is 1. The van der Waals surface area contributed by atoms with Crippen molar-refractivity contribution in [3.63, 3.8) is 0 Å². The van der Waals surface area contributed by atoms with Gasteiger partial charge in [-0.1, -0.05) is 11.8 Å². The number of nitrogens with one attached hydrogen (secondary N) is 1. The number of hydrogen-bond acceptors (Lipinski definition) is 4. The molecule has 0 heterocycles. The van der Waals surface area contributed by atoms with E-state index < -0.39 is 11.6 Å². The molecule has 2 aromatic carbocycles. The summed E-state index contributed by atoms with van der Waals surface area (Å²) < 4.78 is 42.3. The zero-order chi connectivity index (χ0) is 20.4. The minimum atomic E-state index is -0.796. The largest absolute Gasteiger partial charge is 0.490 e. The average molecular weight is 389 g/mol. The van der Waals surface area contributed by atoms with Crippen LogP contribution >= 0.6 is 0 Å². The van der Waals surface area contributed by atoms with Crippen LogP contribution in [0.15, 0.2) is 36.4 Å². The lowest BCUT2D eigenvalue weighted by atomic mass is 10.2. The molecule has 2 aromatic rings. The third-order valence-corrected chi connectivity index (χ3v) is 3.46. The first-order valence-corrected chi connectivity index (χ1v) is 8.76. The van der Waals surface area contributed by atoms with E-state index >= 15 is 0 Å². The van der Waals surface area contributed by atoms with E-state index in [-0.39, 0.29) is 24.8 Å². The zero-order valence-corrected chi connectivity index (χ0v) is 15.7. The molecule has 0 spiro atoms. The second-order valence-electron chi connectivity index (χ2n) is 5.43. The van der Waals surface area contributed by atoms with E-state index in [0.717, 1.165) is 12.1 Å². The van der Waals surface area contributed by atoms with Crippen LogP contribution in [0.2, 0.25) is 0 Å². The number of carbonyl (C=O) groups excluding carboxylic acids is 1. The Kier molecular flexibility index (Phi) is 8.10. The third-order valence-electron chi connectivity index (χ3n) is 3.46. The molecule has 0 bridgehead atoms. The van der Waals surface area contributed by atoms with E-state index in [4.69, 9.17) is 14.2 Å². The minimum Gasteiger partial charge on any atom is -0.490 e. The molecule has 0 saturated heterocycles. The molecule has 0 aliphatic heterocycles. The van der Waals surface area contributed by atoms with E-state index in [1.54, 1.807) is 18.2 Å². The lowest BCUT2D eigenvalue weighted by Crippen LogP contribution is -2.23. The van der Waals surface area contributed by atoms with Gasteiger partial charge in [-0.15, -0.1) is 0 Å². The molecule has 1 N–H and O–H groups in total. The van der Waals surface area contributed by atoms with Crippen molar-refractivity contribution < 1.29 is 27.8 Å². The average Bonchev–Trinajstić information content (AvgIpc) is 2.67. The Bertz CT molecular complexity index is 874. The van der Waals surface area contributed by atoms with E-state index in [1.807, 2.05) is 13.8 Å². The standard InChI is InChI=1S/C21H21F2NO4/c1-3-26-19-9-7-15(13-20(19)27-4-2)21(25)24-11-5-6-12-28-18-10-8-16(22)14-17(18)23/h7-10,13-14H,3-4,11-12H2,1-2H3,(H,24,25). The molecule has 2 rings (SSSR count). The van der Waals surface area contributed by atoms with Crippen LogP contribution in [0.25, 0.3) is 0 Å². The van der Waals surface area contributed by atoms with Gasteiger partial charge in [-0.2, -0.15) is 0 Å². The molecule has 0 fully saturated rings. The Morgan fingerprint density at radius 3 is 2.36 bits per heavy atom. The summed E-state index contributed by atoms with van der Waals surface area (Å²) in [6, 6.07) is 7.94. The first kappa shape index (κ1) is 21.0. The SMILES string of the molecule is CCOc1ccc(C(=O)NCC#CCOc2ccc(F)cc2F)cc1OCC. The van der Waals surface area contributed by atoms with E-state index in [9.17, 15) is 13.6 Å². The van der Waals surface area contributed by atoms with Gasteiger partial charge in [0.05, 0.1) is 19.8 Å². The Hall–Kier alpha value is -3.27. The quantitative estimate of drug-likeness (QED) is 0.702. The van der Waals surface area contributed by atoms with Gasteiger partial charge in [-0.3, -0.25) is 4.79 Å². The van der Waals surface area contributed by atoms with Crippen molar-refractivity contribution in [3.8, 4) is 29.1 Å². The molecule has 0 aliphatic carbocycles. The van der Waals surface area contributed by atoms with Crippen molar-refractivity contribution in [1.29, 1.82) is 0 Å². The first-order valence-electron chi connectivity index (χ1n) is 8.76. The lowest BCUT2D eigenvalue weighted by Gasteiger charge is -2.12. The molecule has 0 unspecified atom stereocenters. The monoisotopic (exact) mass is 389 g/mol.